The highest BCUT2D eigenvalue weighted by molar-refractivity contribution is 7.13. The smallest absolute Gasteiger partial charge is 0.265 e. The second-order valence-corrected chi connectivity index (χ2v) is 7.17. The number of carbonyl (C=O) groups excluding carboxylic acids is 1. The van der Waals surface area contributed by atoms with Crippen LogP contribution >= 0.6 is 36.2 Å². The third kappa shape index (κ3) is 5.37. The number of hydrogen-bond acceptors (Lipinski definition) is 4. The zero-order chi connectivity index (χ0) is 14.7. The Bertz CT molecular complexity index is 471. The zero-order valence-electron chi connectivity index (χ0n) is 13.7. The second kappa shape index (κ2) is 9.71. The number of likely N-dealkylation sites (tertiary alicyclic amines) is 1. The number of piperidine rings is 1. The summed E-state index contributed by atoms with van der Waals surface area (Å²) in [7, 11) is 2.00. The number of thiazole rings is 1. The molecule has 0 radical (unpaired) electrons. The molecule has 0 spiro atoms. The Balaban J connectivity index is 0.00000220. The molecule has 1 fully saturated rings. The molecule has 22 heavy (non-hydrogen) atoms. The van der Waals surface area contributed by atoms with Gasteiger partial charge in [0.25, 0.3) is 5.91 Å². The molecule has 0 saturated carbocycles. The number of aryl methyl sites for hydroxylation is 1. The van der Waals surface area contributed by atoms with Crippen molar-refractivity contribution < 1.29 is 4.79 Å². The van der Waals surface area contributed by atoms with Crippen molar-refractivity contribution in [2.45, 2.75) is 46.1 Å². The highest BCUT2D eigenvalue weighted by Gasteiger charge is 2.26. The third-order valence-electron chi connectivity index (χ3n) is 3.79. The van der Waals surface area contributed by atoms with Crippen molar-refractivity contribution in [1.29, 1.82) is 0 Å². The van der Waals surface area contributed by atoms with Gasteiger partial charge in [-0.1, -0.05) is 13.8 Å². The van der Waals surface area contributed by atoms with Gasteiger partial charge in [0.15, 0.2) is 0 Å². The summed E-state index contributed by atoms with van der Waals surface area (Å²) in [6, 6.07) is 0.553. The zero-order valence-corrected chi connectivity index (χ0v) is 16.2. The molecule has 1 aliphatic rings. The van der Waals surface area contributed by atoms with Crippen molar-refractivity contribution in [2.75, 3.05) is 20.1 Å². The summed E-state index contributed by atoms with van der Waals surface area (Å²) in [5.74, 6) is 0.707. The summed E-state index contributed by atoms with van der Waals surface area (Å²) in [6.45, 7) is 8.02. The molecule has 1 aromatic rings. The van der Waals surface area contributed by atoms with Crippen LogP contribution in [-0.2, 0) is 6.42 Å². The van der Waals surface area contributed by atoms with E-state index in [-0.39, 0.29) is 30.7 Å². The van der Waals surface area contributed by atoms with Gasteiger partial charge in [-0.05, 0) is 39.2 Å². The maximum absolute atomic E-state index is 12.7. The topological polar surface area (TPSA) is 45.2 Å². The van der Waals surface area contributed by atoms with Gasteiger partial charge in [-0.25, -0.2) is 4.98 Å². The van der Waals surface area contributed by atoms with Gasteiger partial charge >= 0.3 is 0 Å². The summed E-state index contributed by atoms with van der Waals surface area (Å²) < 4.78 is 0. The number of carbonyl (C=O) groups is 1. The fourth-order valence-corrected chi connectivity index (χ4v) is 3.59. The fourth-order valence-electron chi connectivity index (χ4n) is 2.68. The Labute approximate surface area is 149 Å². The Morgan fingerprint density at radius 3 is 2.45 bits per heavy atom. The molecule has 2 rings (SSSR count). The van der Waals surface area contributed by atoms with Crippen LogP contribution in [-0.4, -0.2) is 42.0 Å². The molecule has 1 saturated heterocycles. The molecule has 1 aliphatic heterocycles. The van der Waals surface area contributed by atoms with Gasteiger partial charge in [-0.3, -0.25) is 4.79 Å². The van der Waals surface area contributed by atoms with E-state index in [0.717, 1.165) is 47.9 Å². The lowest BCUT2D eigenvalue weighted by Gasteiger charge is -2.31. The monoisotopic (exact) mass is 367 g/mol. The minimum atomic E-state index is 0. The minimum absolute atomic E-state index is 0. The van der Waals surface area contributed by atoms with Gasteiger partial charge in [-0.2, -0.15) is 0 Å². The van der Waals surface area contributed by atoms with Gasteiger partial charge in [0, 0.05) is 19.1 Å². The highest BCUT2D eigenvalue weighted by Crippen LogP contribution is 2.24. The van der Waals surface area contributed by atoms with E-state index >= 15 is 0 Å². The first kappa shape index (κ1) is 21.6. The van der Waals surface area contributed by atoms with Gasteiger partial charge in [0.05, 0.1) is 10.7 Å². The Morgan fingerprint density at radius 1 is 1.36 bits per heavy atom. The summed E-state index contributed by atoms with van der Waals surface area (Å²) in [4.78, 5) is 20.1. The van der Waals surface area contributed by atoms with E-state index in [1.807, 2.05) is 18.9 Å². The van der Waals surface area contributed by atoms with E-state index in [1.54, 1.807) is 11.3 Å². The summed E-state index contributed by atoms with van der Waals surface area (Å²) in [5.41, 5.74) is 0.989. The molecule has 0 bridgehead atoms. The maximum Gasteiger partial charge on any atom is 0.265 e. The largest absolute Gasteiger partial charge is 0.338 e. The highest BCUT2D eigenvalue weighted by atomic mass is 35.5. The number of hydrogen-bond donors (Lipinski definition) is 1. The third-order valence-corrected chi connectivity index (χ3v) is 4.79. The number of nitrogens with zero attached hydrogens (tertiary/aromatic N) is 2. The Hall–Kier alpha value is -0.360. The van der Waals surface area contributed by atoms with E-state index < -0.39 is 0 Å². The molecule has 0 aromatic carbocycles. The predicted octanol–water partition coefficient (Wildman–Crippen LogP) is 3.32. The SMILES string of the molecule is CNC1CCN(C(=O)c2sc(C)nc2CC(C)C)CC1.Cl.Cl. The van der Waals surface area contributed by atoms with Crippen molar-refractivity contribution in [3.05, 3.63) is 15.6 Å². The molecule has 0 aliphatic carbocycles. The van der Waals surface area contributed by atoms with Crippen molar-refractivity contribution in [3.8, 4) is 0 Å². The lowest BCUT2D eigenvalue weighted by atomic mass is 10.0. The summed E-state index contributed by atoms with van der Waals surface area (Å²) in [5, 5.41) is 4.29. The van der Waals surface area contributed by atoms with Crippen LogP contribution in [0.4, 0.5) is 0 Å². The van der Waals surface area contributed by atoms with Crippen LogP contribution in [0.1, 0.15) is 47.1 Å². The number of aromatic nitrogens is 1. The van der Waals surface area contributed by atoms with E-state index in [0.29, 0.717) is 12.0 Å². The minimum Gasteiger partial charge on any atom is -0.338 e. The van der Waals surface area contributed by atoms with Crippen LogP contribution in [0.5, 0.6) is 0 Å². The predicted molar refractivity (Wildman–Crippen MR) is 97.9 cm³/mol. The van der Waals surface area contributed by atoms with Crippen LogP contribution in [0, 0.1) is 12.8 Å². The molecule has 128 valence electrons. The molecule has 4 nitrogen and oxygen atoms in total. The van der Waals surface area contributed by atoms with Crippen LogP contribution in [0.15, 0.2) is 0 Å². The Kier molecular flexibility index (Phi) is 9.55. The number of halogens is 2. The van der Waals surface area contributed by atoms with Gasteiger partial charge in [-0.15, -0.1) is 36.2 Å². The van der Waals surface area contributed by atoms with E-state index in [2.05, 4.69) is 24.1 Å². The lowest BCUT2D eigenvalue weighted by Crippen LogP contribution is -2.44. The molecular weight excluding hydrogens is 341 g/mol. The molecule has 7 heteroatoms. The van der Waals surface area contributed by atoms with Crippen LogP contribution in [0.3, 0.4) is 0 Å². The molecule has 1 aromatic heterocycles. The summed E-state index contributed by atoms with van der Waals surface area (Å²) in [6.07, 6.45) is 2.97. The molecule has 1 N–H and O–H groups in total. The normalized spacial score (nSPS) is 15.4. The van der Waals surface area contributed by atoms with Gasteiger partial charge < -0.3 is 10.2 Å². The molecule has 2 heterocycles. The van der Waals surface area contributed by atoms with Crippen molar-refractivity contribution >= 4 is 42.1 Å². The molecule has 0 unspecified atom stereocenters. The average Bonchev–Trinajstić information content (AvgIpc) is 2.78. The van der Waals surface area contributed by atoms with Crippen LogP contribution in [0.2, 0.25) is 0 Å². The molecule has 0 atom stereocenters. The standard InChI is InChI=1S/C15H25N3OS.2ClH/c1-10(2)9-13-14(20-11(3)17-13)15(19)18-7-5-12(16-4)6-8-18;;/h10,12,16H,5-9H2,1-4H3;2*1H. The molecule has 1 amide bonds. The second-order valence-electron chi connectivity index (χ2n) is 5.96. The fraction of sp³-hybridized carbons (Fsp3) is 0.733. The van der Waals surface area contributed by atoms with Crippen LogP contribution < -0.4 is 5.32 Å². The number of nitrogens with one attached hydrogen (secondary N) is 1. The van der Waals surface area contributed by atoms with Gasteiger partial charge in [0.2, 0.25) is 0 Å². The van der Waals surface area contributed by atoms with E-state index in [4.69, 9.17) is 0 Å². The first-order valence-corrected chi connectivity index (χ1v) is 8.25. The first-order chi connectivity index (χ1) is 9.51. The van der Waals surface area contributed by atoms with Crippen molar-refractivity contribution in [3.63, 3.8) is 0 Å². The number of rotatable bonds is 4. The average molecular weight is 368 g/mol. The quantitative estimate of drug-likeness (QED) is 0.887. The molecular formula is C15H27Cl2N3OS. The van der Waals surface area contributed by atoms with Crippen molar-refractivity contribution in [2.24, 2.45) is 5.92 Å². The maximum atomic E-state index is 12.7. The Morgan fingerprint density at radius 2 is 1.95 bits per heavy atom. The lowest BCUT2D eigenvalue weighted by molar-refractivity contribution is 0.0711. The van der Waals surface area contributed by atoms with Crippen molar-refractivity contribution in [1.82, 2.24) is 15.2 Å². The summed E-state index contributed by atoms with van der Waals surface area (Å²) >= 11 is 1.55. The van der Waals surface area contributed by atoms with Crippen LogP contribution in [0.25, 0.3) is 0 Å². The van der Waals surface area contributed by atoms with E-state index in [1.165, 1.54) is 0 Å². The first-order valence-electron chi connectivity index (χ1n) is 7.44. The van der Waals surface area contributed by atoms with Gasteiger partial charge in [0.1, 0.15) is 4.88 Å². The van der Waals surface area contributed by atoms with E-state index in [9.17, 15) is 4.79 Å². The number of amides is 1.